The number of fused-ring (bicyclic) bond motifs is 1. The van der Waals surface area contributed by atoms with E-state index in [1.54, 1.807) is 6.92 Å². The summed E-state index contributed by atoms with van der Waals surface area (Å²) < 4.78 is 22.0. The van der Waals surface area contributed by atoms with Gasteiger partial charge in [-0.3, -0.25) is 24.7 Å². The average molecular weight is 485 g/mol. The minimum atomic E-state index is -0.987. The van der Waals surface area contributed by atoms with Crippen LogP contribution < -0.4 is 9.47 Å². The number of carbonyl (C=O) groups is 2. The number of nitro groups is 1. The smallest absolute Gasteiger partial charge is 0.315 e. The van der Waals surface area contributed by atoms with Gasteiger partial charge in [-0.05, 0) is 37.7 Å². The highest BCUT2D eigenvalue weighted by Crippen LogP contribution is 2.51. The summed E-state index contributed by atoms with van der Waals surface area (Å²) in [6, 6.07) is 2.81. The van der Waals surface area contributed by atoms with Gasteiger partial charge in [0.05, 0.1) is 17.1 Å². The van der Waals surface area contributed by atoms with Gasteiger partial charge in [-0.2, -0.15) is 0 Å². The zero-order valence-electron chi connectivity index (χ0n) is 20.0. The standard InChI is InChI=1S/C25H28N2O8/c1-13-21(24(29)33-11-14-5-4-6-32-14)22(23-16(26-13)9-25(2,3)10-18(23)28)15-7-19-20(35-12-34-19)8-17(15)27(30)31/h7-8,14,21-22H,4-6,9-12H2,1-3H3/t14-,21?,22+/m0/s1. The Morgan fingerprint density at radius 3 is 2.69 bits per heavy atom. The van der Waals surface area contributed by atoms with E-state index in [-0.39, 0.29) is 54.1 Å². The van der Waals surface area contributed by atoms with Crippen LogP contribution in [0.3, 0.4) is 0 Å². The topological polar surface area (TPSA) is 127 Å². The molecule has 0 N–H and O–H groups in total. The Morgan fingerprint density at radius 2 is 2.00 bits per heavy atom. The number of esters is 1. The van der Waals surface area contributed by atoms with Crippen molar-refractivity contribution < 1.29 is 33.5 Å². The van der Waals surface area contributed by atoms with E-state index in [0.29, 0.717) is 35.8 Å². The van der Waals surface area contributed by atoms with E-state index in [1.165, 1.54) is 12.1 Å². The molecule has 0 radical (unpaired) electrons. The molecule has 186 valence electrons. The molecule has 1 saturated heterocycles. The number of hydrogen-bond donors (Lipinski definition) is 0. The van der Waals surface area contributed by atoms with E-state index in [2.05, 4.69) is 4.99 Å². The average Bonchev–Trinajstić information content (AvgIpc) is 3.46. The highest BCUT2D eigenvalue weighted by molar-refractivity contribution is 6.09. The largest absolute Gasteiger partial charge is 0.462 e. The predicted molar refractivity (Wildman–Crippen MR) is 124 cm³/mol. The van der Waals surface area contributed by atoms with Crippen molar-refractivity contribution in [2.24, 2.45) is 16.3 Å². The van der Waals surface area contributed by atoms with Crippen molar-refractivity contribution in [1.82, 2.24) is 0 Å². The van der Waals surface area contributed by atoms with Crippen LogP contribution in [-0.4, -0.2) is 48.5 Å². The second kappa shape index (κ2) is 8.75. The maximum Gasteiger partial charge on any atom is 0.315 e. The number of rotatable bonds is 5. The summed E-state index contributed by atoms with van der Waals surface area (Å²) in [4.78, 5) is 43.2. The van der Waals surface area contributed by atoms with Gasteiger partial charge in [0, 0.05) is 41.5 Å². The van der Waals surface area contributed by atoms with Crippen molar-refractivity contribution in [3.05, 3.63) is 39.1 Å². The second-order valence-corrected chi connectivity index (χ2v) is 10.3. The summed E-state index contributed by atoms with van der Waals surface area (Å²) in [5.41, 5.74) is 1.05. The Bertz CT molecular complexity index is 1160. The Hall–Kier alpha value is -3.27. The molecule has 3 heterocycles. The number of benzene rings is 1. The van der Waals surface area contributed by atoms with Gasteiger partial charge in [-0.25, -0.2) is 0 Å². The normalized spacial score (nSPS) is 26.9. The minimum Gasteiger partial charge on any atom is -0.462 e. The lowest BCUT2D eigenvalue weighted by Gasteiger charge is -2.38. The fourth-order valence-electron chi connectivity index (χ4n) is 5.48. The molecular weight excluding hydrogens is 456 g/mol. The van der Waals surface area contributed by atoms with Crippen LogP contribution in [0.5, 0.6) is 11.5 Å². The molecule has 0 bridgehead atoms. The Morgan fingerprint density at radius 1 is 1.26 bits per heavy atom. The van der Waals surface area contributed by atoms with Crippen LogP contribution >= 0.6 is 0 Å². The van der Waals surface area contributed by atoms with Crippen molar-refractivity contribution in [2.45, 2.75) is 58.5 Å². The molecule has 35 heavy (non-hydrogen) atoms. The van der Waals surface area contributed by atoms with Crippen molar-refractivity contribution >= 4 is 23.2 Å². The molecule has 1 aliphatic carbocycles. The Balaban J connectivity index is 1.62. The molecule has 0 amide bonds. The zero-order chi connectivity index (χ0) is 24.9. The first-order chi connectivity index (χ1) is 16.6. The molecule has 1 unspecified atom stereocenters. The first-order valence-corrected chi connectivity index (χ1v) is 11.8. The molecule has 3 aliphatic heterocycles. The lowest BCUT2D eigenvalue weighted by atomic mass is 9.66. The third-order valence-electron chi connectivity index (χ3n) is 7.05. The number of hydrogen-bond acceptors (Lipinski definition) is 9. The first kappa shape index (κ1) is 23.5. The van der Waals surface area contributed by atoms with Gasteiger partial charge in [-0.15, -0.1) is 0 Å². The molecule has 0 spiro atoms. The maximum atomic E-state index is 13.5. The molecule has 1 aromatic rings. The summed E-state index contributed by atoms with van der Waals surface area (Å²) in [7, 11) is 0. The molecule has 1 fully saturated rings. The van der Waals surface area contributed by atoms with E-state index in [0.717, 1.165) is 12.8 Å². The van der Waals surface area contributed by atoms with Crippen LogP contribution in [0.25, 0.3) is 0 Å². The van der Waals surface area contributed by atoms with E-state index >= 15 is 0 Å². The number of carbonyl (C=O) groups excluding carboxylic acids is 2. The monoisotopic (exact) mass is 484 g/mol. The third-order valence-corrected chi connectivity index (χ3v) is 7.05. The molecule has 0 aromatic heterocycles. The highest BCUT2D eigenvalue weighted by atomic mass is 16.7. The number of ether oxygens (including phenoxy) is 4. The Kier molecular flexibility index (Phi) is 5.86. The zero-order valence-corrected chi connectivity index (χ0v) is 20.0. The Labute approximate surface area is 202 Å². The molecule has 10 heteroatoms. The van der Waals surface area contributed by atoms with Crippen molar-refractivity contribution in [2.75, 3.05) is 20.0 Å². The molecule has 0 saturated carbocycles. The fraction of sp³-hybridized carbons (Fsp3) is 0.560. The molecule has 3 atom stereocenters. The van der Waals surface area contributed by atoms with E-state index in [4.69, 9.17) is 18.9 Å². The van der Waals surface area contributed by atoms with Gasteiger partial charge in [0.25, 0.3) is 5.69 Å². The van der Waals surface area contributed by atoms with Gasteiger partial charge >= 0.3 is 5.97 Å². The number of Topliss-reactive ketones (excluding diaryl/α,β-unsaturated/α-hetero) is 1. The van der Waals surface area contributed by atoms with Crippen molar-refractivity contribution in [3.63, 3.8) is 0 Å². The van der Waals surface area contributed by atoms with Gasteiger partial charge < -0.3 is 18.9 Å². The van der Waals surface area contributed by atoms with Gasteiger partial charge in [0.15, 0.2) is 17.3 Å². The summed E-state index contributed by atoms with van der Waals surface area (Å²) in [5.74, 6) is -2.06. The molecular formula is C25H28N2O8. The van der Waals surface area contributed by atoms with E-state index < -0.39 is 22.7 Å². The van der Waals surface area contributed by atoms with Crippen LogP contribution in [0.4, 0.5) is 5.69 Å². The lowest BCUT2D eigenvalue weighted by molar-refractivity contribution is -0.385. The first-order valence-electron chi connectivity index (χ1n) is 11.8. The fourth-order valence-corrected chi connectivity index (χ4v) is 5.48. The molecule has 10 nitrogen and oxygen atoms in total. The second-order valence-electron chi connectivity index (χ2n) is 10.3. The van der Waals surface area contributed by atoms with Gasteiger partial charge in [0.2, 0.25) is 6.79 Å². The number of nitro benzene ring substituents is 1. The molecule has 1 aromatic carbocycles. The summed E-state index contributed by atoms with van der Waals surface area (Å²) in [5, 5.41) is 12.1. The maximum absolute atomic E-state index is 13.5. The van der Waals surface area contributed by atoms with Crippen LogP contribution in [-0.2, 0) is 19.1 Å². The van der Waals surface area contributed by atoms with Crippen molar-refractivity contribution in [3.8, 4) is 11.5 Å². The van der Waals surface area contributed by atoms with E-state index in [9.17, 15) is 19.7 Å². The van der Waals surface area contributed by atoms with E-state index in [1.807, 2.05) is 13.8 Å². The SMILES string of the molecule is CC1=NC2=C(C(=O)CC(C)(C)C2)[C@H](c2cc3c(cc2[N+](=O)[O-])OCO3)C1C(=O)OC[C@@H]1CCCO1. The van der Waals surface area contributed by atoms with Crippen LogP contribution in [0.15, 0.2) is 28.4 Å². The summed E-state index contributed by atoms with van der Waals surface area (Å²) in [6.07, 6.45) is 2.30. The highest BCUT2D eigenvalue weighted by Gasteiger charge is 2.48. The minimum absolute atomic E-state index is 0.0605. The van der Waals surface area contributed by atoms with Crippen LogP contribution in [0.2, 0.25) is 0 Å². The lowest BCUT2D eigenvalue weighted by Crippen LogP contribution is -2.40. The molecule has 4 aliphatic rings. The van der Waals surface area contributed by atoms with Crippen LogP contribution in [0, 0.1) is 21.4 Å². The third kappa shape index (κ3) is 4.31. The van der Waals surface area contributed by atoms with Crippen molar-refractivity contribution in [1.29, 1.82) is 0 Å². The predicted octanol–water partition coefficient (Wildman–Crippen LogP) is 3.86. The summed E-state index contributed by atoms with van der Waals surface area (Å²) in [6.45, 7) is 6.33. The van der Waals surface area contributed by atoms with Gasteiger partial charge in [0.1, 0.15) is 12.5 Å². The molecule has 5 rings (SSSR count). The quantitative estimate of drug-likeness (QED) is 0.350. The van der Waals surface area contributed by atoms with Crippen LogP contribution in [0.1, 0.15) is 57.9 Å². The number of ketones is 1. The number of nitrogens with zero attached hydrogens (tertiary/aromatic N) is 2. The number of allylic oxidation sites excluding steroid dienone is 2. The summed E-state index contributed by atoms with van der Waals surface area (Å²) >= 11 is 0. The van der Waals surface area contributed by atoms with Gasteiger partial charge in [-0.1, -0.05) is 13.8 Å². The number of aliphatic imine (C=N–C) groups is 1.